The molecule has 2 aromatic carbocycles. The Labute approximate surface area is 204 Å². The van der Waals surface area contributed by atoms with E-state index in [4.69, 9.17) is 23.8 Å². The Morgan fingerprint density at radius 1 is 0.939 bits per heavy atom. The molecule has 0 amide bonds. The average molecular weight is 473 g/mol. The van der Waals surface area contributed by atoms with Gasteiger partial charge in [-0.15, -0.1) is 0 Å². The normalized spacial score (nSPS) is 17.9. The first-order valence-electron chi connectivity index (χ1n) is 11.0. The number of benzene rings is 2. The lowest BCUT2D eigenvalue weighted by molar-refractivity contribution is 0.565. The summed E-state index contributed by atoms with van der Waals surface area (Å²) < 4.78 is 2.29. The summed E-state index contributed by atoms with van der Waals surface area (Å²) >= 11 is 12.3. The summed E-state index contributed by atoms with van der Waals surface area (Å²) in [4.78, 5) is 6.88. The molecule has 0 saturated carbocycles. The molecule has 2 atom stereocenters. The number of nitrogens with zero attached hydrogens (tertiary/aromatic N) is 3. The van der Waals surface area contributed by atoms with E-state index in [0.29, 0.717) is 5.11 Å². The Morgan fingerprint density at radius 3 is 2.42 bits per heavy atom. The standard InChI is InChI=1S/C27H25ClN4S/c1-17-16-21(19(3)31(17)24-14-9-12-22(28)18(24)2)26-25(23-13-7-8-15-29-23)30-27(33)32(26)20-10-5-4-6-11-20/h4-16,25-26H,1-3H3,(H,30,33). The lowest BCUT2D eigenvalue weighted by Gasteiger charge is -2.28. The number of aryl methyl sites for hydroxylation is 1. The summed E-state index contributed by atoms with van der Waals surface area (Å²) in [7, 11) is 0. The summed E-state index contributed by atoms with van der Waals surface area (Å²) in [5.74, 6) is 0. The molecule has 1 N–H and O–H groups in total. The van der Waals surface area contributed by atoms with Crippen molar-refractivity contribution in [2.24, 2.45) is 0 Å². The van der Waals surface area contributed by atoms with E-state index >= 15 is 0 Å². The highest BCUT2D eigenvalue weighted by Gasteiger charge is 2.42. The highest BCUT2D eigenvalue weighted by molar-refractivity contribution is 7.80. The van der Waals surface area contributed by atoms with Crippen LogP contribution in [0.15, 0.2) is 79.0 Å². The van der Waals surface area contributed by atoms with Crippen LogP contribution in [-0.4, -0.2) is 14.7 Å². The molecule has 1 aliphatic rings. The number of aromatic nitrogens is 2. The average Bonchev–Trinajstić information content (AvgIpc) is 3.32. The smallest absolute Gasteiger partial charge is 0.174 e. The van der Waals surface area contributed by atoms with Crippen LogP contribution >= 0.6 is 23.8 Å². The van der Waals surface area contributed by atoms with Crippen LogP contribution in [0.2, 0.25) is 5.02 Å². The van der Waals surface area contributed by atoms with Crippen LogP contribution in [0.3, 0.4) is 0 Å². The van der Waals surface area contributed by atoms with Crippen LogP contribution in [0.1, 0.15) is 40.3 Å². The number of halogens is 1. The Kier molecular flexibility index (Phi) is 5.69. The Morgan fingerprint density at radius 2 is 1.70 bits per heavy atom. The Hall–Kier alpha value is -3.15. The lowest BCUT2D eigenvalue weighted by Crippen LogP contribution is -2.29. The molecule has 166 valence electrons. The SMILES string of the molecule is Cc1c(Cl)cccc1-n1c(C)cc(C2C(c3ccccn3)NC(=S)N2c2ccccc2)c1C. The van der Waals surface area contributed by atoms with Crippen LogP contribution < -0.4 is 10.2 Å². The van der Waals surface area contributed by atoms with Crippen molar-refractivity contribution in [3.05, 3.63) is 112 Å². The number of rotatable bonds is 4. The number of pyridine rings is 1. The number of hydrogen-bond acceptors (Lipinski definition) is 2. The zero-order valence-corrected chi connectivity index (χ0v) is 20.4. The van der Waals surface area contributed by atoms with Gasteiger partial charge in [0.15, 0.2) is 5.11 Å². The van der Waals surface area contributed by atoms with Gasteiger partial charge in [-0.1, -0.05) is 41.9 Å². The molecule has 2 unspecified atom stereocenters. The first-order valence-corrected chi connectivity index (χ1v) is 11.8. The van der Waals surface area contributed by atoms with Gasteiger partial charge in [-0.2, -0.15) is 0 Å². The molecule has 1 aliphatic heterocycles. The van der Waals surface area contributed by atoms with Gasteiger partial charge < -0.3 is 14.8 Å². The molecule has 33 heavy (non-hydrogen) atoms. The van der Waals surface area contributed by atoms with Crippen molar-refractivity contribution in [1.29, 1.82) is 0 Å². The highest BCUT2D eigenvalue weighted by atomic mass is 35.5. The van der Waals surface area contributed by atoms with Gasteiger partial charge in [0.2, 0.25) is 0 Å². The molecular formula is C27H25ClN4S. The summed E-state index contributed by atoms with van der Waals surface area (Å²) in [5.41, 5.74) is 7.70. The molecule has 5 rings (SSSR count). The Bertz CT molecular complexity index is 1320. The van der Waals surface area contributed by atoms with Crippen molar-refractivity contribution >= 4 is 34.6 Å². The van der Waals surface area contributed by atoms with Crippen molar-refractivity contribution in [1.82, 2.24) is 14.9 Å². The van der Waals surface area contributed by atoms with Gasteiger partial charge >= 0.3 is 0 Å². The minimum Gasteiger partial charge on any atom is -0.351 e. The zero-order chi connectivity index (χ0) is 23.1. The first-order chi connectivity index (χ1) is 16.0. The quantitative estimate of drug-likeness (QED) is 0.338. The predicted molar refractivity (Wildman–Crippen MR) is 139 cm³/mol. The van der Waals surface area contributed by atoms with Crippen LogP contribution in [0.25, 0.3) is 5.69 Å². The number of para-hydroxylation sites is 1. The third-order valence-electron chi connectivity index (χ3n) is 6.40. The van der Waals surface area contributed by atoms with Crippen LogP contribution in [0.5, 0.6) is 0 Å². The van der Waals surface area contributed by atoms with E-state index in [1.807, 2.05) is 48.7 Å². The maximum atomic E-state index is 6.47. The monoisotopic (exact) mass is 472 g/mol. The molecule has 0 aliphatic carbocycles. The number of anilines is 1. The van der Waals surface area contributed by atoms with Crippen molar-refractivity contribution in [2.75, 3.05) is 4.90 Å². The highest BCUT2D eigenvalue weighted by Crippen LogP contribution is 2.43. The molecule has 2 aromatic heterocycles. The zero-order valence-electron chi connectivity index (χ0n) is 18.8. The molecule has 0 spiro atoms. The number of hydrogen-bond donors (Lipinski definition) is 1. The van der Waals surface area contributed by atoms with Gasteiger partial charge in [0.05, 0.1) is 17.8 Å². The third kappa shape index (κ3) is 3.71. The molecule has 0 bridgehead atoms. The van der Waals surface area contributed by atoms with E-state index in [-0.39, 0.29) is 12.1 Å². The largest absolute Gasteiger partial charge is 0.351 e. The molecule has 0 radical (unpaired) electrons. The maximum Gasteiger partial charge on any atom is 0.174 e. The topological polar surface area (TPSA) is 33.1 Å². The van der Waals surface area contributed by atoms with Gasteiger partial charge in [0, 0.05) is 34.0 Å². The van der Waals surface area contributed by atoms with Crippen LogP contribution in [-0.2, 0) is 0 Å². The summed E-state index contributed by atoms with van der Waals surface area (Å²) in [6, 6.07) is 24.5. The van der Waals surface area contributed by atoms with Gasteiger partial charge in [0.1, 0.15) is 0 Å². The minimum atomic E-state index is -0.0756. The summed E-state index contributed by atoms with van der Waals surface area (Å²) in [5, 5.41) is 5.01. The fraction of sp³-hybridized carbons (Fsp3) is 0.185. The lowest BCUT2D eigenvalue weighted by atomic mass is 9.96. The third-order valence-corrected chi connectivity index (χ3v) is 7.13. The van der Waals surface area contributed by atoms with E-state index in [2.05, 4.69) is 70.9 Å². The molecule has 1 fully saturated rings. The van der Waals surface area contributed by atoms with Gasteiger partial charge in [-0.05, 0) is 86.6 Å². The van der Waals surface area contributed by atoms with E-state index in [9.17, 15) is 0 Å². The van der Waals surface area contributed by atoms with Crippen LogP contribution in [0, 0.1) is 20.8 Å². The summed E-state index contributed by atoms with van der Waals surface area (Å²) in [6.07, 6.45) is 1.83. The van der Waals surface area contributed by atoms with Crippen molar-refractivity contribution in [3.63, 3.8) is 0 Å². The van der Waals surface area contributed by atoms with Crippen molar-refractivity contribution < 1.29 is 0 Å². The molecule has 4 nitrogen and oxygen atoms in total. The molecular weight excluding hydrogens is 448 g/mol. The van der Waals surface area contributed by atoms with E-state index in [1.165, 1.54) is 5.56 Å². The molecule has 6 heteroatoms. The second-order valence-electron chi connectivity index (χ2n) is 8.38. The predicted octanol–water partition coefficient (Wildman–Crippen LogP) is 6.63. The van der Waals surface area contributed by atoms with Crippen molar-refractivity contribution in [3.8, 4) is 5.69 Å². The Balaban J connectivity index is 1.70. The molecule has 4 aromatic rings. The second-order valence-corrected chi connectivity index (χ2v) is 9.17. The molecule has 1 saturated heterocycles. The maximum absolute atomic E-state index is 6.47. The van der Waals surface area contributed by atoms with E-state index in [0.717, 1.165) is 39.0 Å². The van der Waals surface area contributed by atoms with E-state index in [1.54, 1.807) is 0 Å². The summed E-state index contributed by atoms with van der Waals surface area (Å²) in [6.45, 7) is 6.37. The number of thiocarbonyl (C=S) groups is 1. The first kappa shape index (κ1) is 21.7. The number of nitrogens with one attached hydrogen (secondary N) is 1. The van der Waals surface area contributed by atoms with Gasteiger partial charge in [-0.25, -0.2) is 0 Å². The van der Waals surface area contributed by atoms with Crippen LogP contribution in [0.4, 0.5) is 5.69 Å². The van der Waals surface area contributed by atoms with Gasteiger partial charge in [0.25, 0.3) is 0 Å². The second kappa shape index (κ2) is 8.65. The fourth-order valence-electron chi connectivity index (χ4n) is 4.83. The van der Waals surface area contributed by atoms with E-state index < -0.39 is 0 Å². The van der Waals surface area contributed by atoms with Gasteiger partial charge in [-0.3, -0.25) is 4.98 Å². The minimum absolute atomic E-state index is 0.0470. The van der Waals surface area contributed by atoms with Crippen molar-refractivity contribution in [2.45, 2.75) is 32.9 Å². The molecule has 3 heterocycles. The fourth-order valence-corrected chi connectivity index (χ4v) is 5.35.